The number of unbranched alkanes of at least 4 members (excludes halogenated alkanes) is 21. The molecule has 0 spiro atoms. The summed E-state index contributed by atoms with van der Waals surface area (Å²) in [6.45, 7) is 4.59. The summed E-state index contributed by atoms with van der Waals surface area (Å²) >= 11 is 0. The molecular formula is C24H51NaO4S. The Morgan fingerprint density at radius 2 is 0.700 bits per heavy atom. The van der Waals surface area contributed by atoms with Gasteiger partial charge in [-0.3, -0.25) is 9.11 Å². The molecule has 6 heteroatoms. The quantitative estimate of drug-likeness (QED) is 0.0990. The van der Waals surface area contributed by atoms with Crippen molar-refractivity contribution in [2.45, 2.75) is 149 Å². The van der Waals surface area contributed by atoms with Crippen LogP contribution in [0.2, 0.25) is 0 Å². The van der Waals surface area contributed by atoms with Crippen molar-refractivity contribution in [1.29, 1.82) is 0 Å². The molecule has 0 aromatic heterocycles. The Morgan fingerprint density at radius 3 is 0.933 bits per heavy atom. The van der Waals surface area contributed by atoms with Crippen molar-refractivity contribution in [2.75, 3.05) is 0 Å². The average molecular weight is 459 g/mol. The van der Waals surface area contributed by atoms with E-state index in [2.05, 4.69) is 20.3 Å². The van der Waals surface area contributed by atoms with E-state index in [0.717, 1.165) is 0 Å². The zero-order chi connectivity index (χ0) is 22.1. The van der Waals surface area contributed by atoms with Crippen molar-refractivity contribution in [3.63, 3.8) is 0 Å². The van der Waals surface area contributed by atoms with Crippen LogP contribution >= 0.6 is 0 Å². The van der Waals surface area contributed by atoms with Crippen molar-refractivity contribution < 1.29 is 47.1 Å². The fraction of sp³-hybridized carbons (Fsp3) is 0.958. The van der Waals surface area contributed by atoms with E-state index >= 15 is 0 Å². The molecule has 0 aromatic carbocycles. The Morgan fingerprint density at radius 1 is 0.500 bits per heavy atom. The van der Waals surface area contributed by atoms with Crippen LogP contribution in [-0.2, 0) is 10.4 Å². The van der Waals surface area contributed by atoms with Gasteiger partial charge in [-0.05, 0) is 0 Å². The van der Waals surface area contributed by atoms with Crippen molar-refractivity contribution in [1.82, 2.24) is 0 Å². The van der Waals surface area contributed by atoms with E-state index in [1.54, 1.807) is 0 Å². The topological polar surface area (TPSA) is 74.6 Å². The molecule has 0 saturated heterocycles. The van der Waals surface area contributed by atoms with Gasteiger partial charge in [0, 0.05) is 0 Å². The summed E-state index contributed by atoms with van der Waals surface area (Å²) in [4.78, 5) is 0. The Kier molecular flexibility index (Phi) is 35.3. The summed E-state index contributed by atoms with van der Waals surface area (Å²) in [6, 6.07) is 0. The maximum Gasteiger partial charge on any atom is 1.00 e. The third-order valence-electron chi connectivity index (χ3n) is 5.27. The second-order valence-electron chi connectivity index (χ2n) is 8.32. The van der Waals surface area contributed by atoms with E-state index < -0.39 is 10.4 Å². The van der Waals surface area contributed by atoms with Crippen LogP contribution in [0.1, 0.15) is 149 Å². The first-order chi connectivity index (χ1) is 13.9. The third-order valence-corrected chi connectivity index (χ3v) is 5.27. The molecule has 2 N–H and O–H groups in total. The Hall–Kier alpha value is 0.870. The van der Waals surface area contributed by atoms with Crippen molar-refractivity contribution >= 4 is 10.4 Å². The largest absolute Gasteiger partial charge is 1.00 e. The molecule has 178 valence electrons. The zero-order valence-corrected chi connectivity index (χ0v) is 23.4. The molecule has 30 heavy (non-hydrogen) atoms. The van der Waals surface area contributed by atoms with E-state index in [-0.39, 0.29) is 29.6 Å². The molecule has 0 aliphatic carbocycles. The SMILES string of the molecule is CCCCCCCC[CH-]CCCCCCCCCCCCCCC.O=S(=O)(O)O.[Na+]. The molecule has 0 heterocycles. The summed E-state index contributed by atoms with van der Waals surface area (Å²) in [5.74, 6) is 0. The fourth-order valence-corrected chi connectivity index (χ4v) is 3.52. The van der Waals surface area contributed by atoms with Crippen LogP contribution in [-0.4, -0.2) is 17.5 Å². The Balaban J connectivity index is -0.00000108. The van der Waals surface area contributed by atoms with Gasteiger partial charge < -0.3 is 6.42 Å². The second-order valence-corrected chi connectivity index (χ2v) is 9.22. The van der Waals surface area contributed by atoms with Gasteiger partial charge in [0.2, 0.25) is 0 Å². The molecule has 0 bridgehead atoms. The molecule has 0 rings (SSSR count). The van der Waals surface area contributed by atoms with Crippen molar-refractivity contribution in [2.24, 2.45) is 0 Å². The maximum absolute atomic E-state index is 8.74. The van der Waals surface area contributed by atoms with E-state index in [9.17, 15) is 0 Å². The van der Waals surface area contributed by atoms with Gasteiger partial charge in [-0.2, -0.15) is 21.3 Å². The first kappa shape index (κ1) is 35.5. The van der Waals surface area contributed by atoms with Gasteiger partial charge >= 0.3 is 40.0 Å². The maximum atomic E-state index is 8.74. The van der Waals surface area contributed by atoms with E-state index in [0.29, 0.717) is 0 Å². The van der Waals surface area contributed by atoms with Gasteiger partial charge in [0.05, 0.1) is 0 Å². The number of hydrogen-bond acceptors (Lipinski definition) is 2. The second kappa shape index (κ2) is 29.9. The molecule has 0 atom stereocenters. The first-order valence-electron chi connectivity index (χ1n) is 12.4. The van der Waals surface area contributed by atoms with Crippen LogP contribution in [0, 0.1) is 6.42 Å². The summed E-state index contributed by atoms with van der Waals surface area (Å²) < 4.78 is 31.6. The molecule has 0 unspecified atom stereocenters. The molecule has 0 saturated carbocycles. The predicted molar refractivity (Wildman–Crippen MR) is 127 cm³/mol. The zero-order valence-electron chi connectivity index (χ0n) is 20.5. The van der Waals surface area contributed by atoms with Crippen LogP contribution < -0.4 is 29.6 Å². The van der Waals surface area contributed by atoms with Gasteiger partial charge in [-0.1, -0.05) is 136 Å². The van der Waals surface area contributed by atoms with Crippen molar-refractivity contribution in [3.05, 3.63) is 6.42 Å². The minimum Gasteiger partial charge on any atom is -0.328 e. The third kappa shape index (κ3) is 46.9. The van der Waals surface area contributed by atoms with E-state index in [4.69, 9.17) is 17.5 Å². The van der Waals surface area contributed by atoms with Crippen molar-refractivity contribution in [3.8, 4) is 0 Å². The van der Waals surface area contributed by atoms with Gasteiger partial charge in [-0.25, -0.2) is 0 Å². The number of hydrogen-bond donors (Lipinski definition) is 2. The molecule has 0 aliphatic rings. The molecule has 0 aliphatic heterocycles. The van der Waals surface area contributed by atoms with Crippen LogP contribution in [0.25, 0.3) is 0 Å². The van der Waals surface area contributed by atoms with Gasteiger partial charge in [-0.15, -0.1) is 0 Å². The minimum absolute atomic E-state index is 0. The standard InChI is InChI=1S/C24H49.Na.H2O4S/c1-3-5-7-9-11-13-15-17-19-21-23-24-22-20-18-16-14-12-10-8-6-4-2;;1-5(2,3)4/h17H,3-16,18-24H2,1-2H3;;(H2,1,2,3,4)/q-1;+1;. The summed E-state index contributed by atoms with van der Waals surface area (Å²) in [5.41, 5.74) is 0. The van der Waals surface area contributed by atoms with Crippen LogP contribution in [0.15, 0.2) is 0 Å². The molecule has 0 radical (unpaired) electrons. The summed E-state index contributed by atoms with van der Waals surface area (Å²) in [5, 5.41) is 0. The van der Waals surface area contributed by atoms with Crippen LogP contribution in [0.3, 0.4) is 0 Å². The molecule has 0 aromatic rings. The molecule has 0 amide bonds. The Labute approximate surface area is 211 Å². The minimum atomic E-state index is -4.67. The molecular weight excluding hydrogens is 407 g/mol. The average Bonchev–Trinajstić information content (AvgIpc) is 2.65. The molecule has 0 fully saturated rings. The smallest absolute Gasteiger partial charge is 0.328 e. The van der Waals surface area contributed by atoms with E-state index in [1.807, 2.05) is 0 Å². The summed E-state index contributed by atoms with van der Waals surface area (Å²) in [7, 11) is -4.67. The van der Waals surface area contributed by atoms with Gasteiger partial charge in [0.25, 0.3) is 0 Å². The van der Waals surface area contributed by atoms with Gasteiger partial charge in [0.15, 0.2) is 0 Å². The predicted octanol–water partition coefficient (Wildman–Crippen LogP) is 5.77. The van der Waals surface area contributed by atoms with E-state index in [1.165, 1.54) is 135 Å². The number of rotatable bonds is 21. The molecule has 4 nitrogen and oxygen atoms in total. The Bertz CT molecular complexity index is 359. The normalized spacial score (nSPS) is 10.9. The summed E-state index contributed by atoms with van der Waals surface area (Å²) in [6.07, 6.45) is 32.9. The van der Waals surface area contributed by atoms with Gasteiger partial charge in [0.1, 0.15) is 0 Å². The monoisotopic (exact) mass is 458 g/mol. The van der Waals surface area contributed by atoms with Crippen LogP contribution in [0.4, 0.5) is 0 Å². The first-order valence-corrected chi connectivity index (χ1v) is 13.8. The van der Waals surface area contributed by atoms with Crippen LogP contribution in [0.5, 0.6) is 0 Å². The fourth-order valence-electron chi connectivity index (χ4n) is 3.52.